The van der Waals surface area contributed by atoms with Crippen molar-refractivity contribution in [2.75, 3.05) is 12.4 Å². The van der Waals surface area contributed by atoms with Crippen LogP contribution in [-0.2, 0) is 4.79 Å². The standard InChI is InChI=1S/C22H33N3OS.ClH/c1-15(2)17-10-12-19(13-11-17)23-21(26)14-20-16(3)27-22(25(20)4)24-18-8-6-5-7-9-18;/h10-13,15-16,18,20H,5-9,14H2,1-4H3,(H,23,26);1H/b24-22-;. The van der Waals surface area contributed by atoms with Crippen molar-refractivity contribution in [1.29, 1.82) is 0 Å². The summed E-state index contributed by atoms with van der Waals surface area (Å²) in [6.45, 7) is 6.56. The lowest BCUT2D eigenvalue weighted by Gasteiger charge is -2.24. The summed E-state index contributed by atoms with van der Waals surface area (Å²) >= 11 is 1.82. The molecular weight excluding hydrogens is 390 g/mol. The average molecular weight is 424 g/mol. The largest absolute Gasteiger partial charge is 0.350 e. The van der Waals surface area contributed by atoms with Crippen LogP contribution in [0.15, 0.2) is 29.3 Å². The molecule has 6 heteroatoms. The number of nitrogens with zero attached hydrogens (tertiary/aromatic N) is 2. The number of halogens is 1. The van der Waals surface area contributed by atoms with Crippen LogP contribution in [0.3, 0.4) is 0 Å². The molecule has 28 heavy (non-hydrogen) atoms. The highest BCUT2D eigenvalue weighted by atomic mass is 35.5. The van der Waals surface area contributed by atoms with Crippen molar-refractivity contribution in [3.63, 3.8) is 0 Å². The first-order chi connectivity index (χ1) is 12.9. The van der Waals surface area contributed by atoms with Gasteiger partial charge in [0, 0.05) is 24.4 Å². The highest BCUT2D eigenvalue weighted by Gasteiger charge is 2.36. The van der Waals surface area contributed by atoms with E-state index in [-0.39, 0.29) is 24.4 Å². The van der Waals surface area contributed by atoms with Crippen LogP contribution in [0.25, 0.3) is 0 Å². The van der Waals surface area contributed by atoms with E-state index in [0.717, 1.165) is 10.9 Å². The van der Waals surface area contributed by atoms with Gasteiger partial charge in [0.05, 0.1) is 12.1 Å². The number of carbonyl (C=O) groups is 1. The summed E-state index contributed by atoms with van der Waals surface area (Å²) in [6, 6.07) is 8.86. The van der Waals surface area contributed by atoms with Gasteiger partial charge in [0.25, 0.3) is 0 Å². The van der Waals surface area contributed by atoms with Gasteiger partial charge in [-0.25, -0.2) is 0 Å². The van der Waals surface area contributed by atoms with Gasteiger partial charge >= 0.3 is 0 Å². The van der Waals surface area contributed by atoms with E-state index < -0.39 is 0 Å². The predicted octanol–water partition coefficient (Wildman–Crippen LogP) is 5.68. The predicted molar refractivity (Wildman–Crippen MR) is 124 cm³/mol. The quantitative estimate of drug-likeness (QED) is 0.662. The van der Waals surface area contributed by atoms with Crippen molar-refractivity contribution in [3.05, 3.63) is 29.8 Å². The van der Waals surface area contributed by atoms with E-state index in [2.05, 4.69) is 50.2 Å². The molecule has 1 saturated carbocycles. The third-order valence-electron chi connectivity index (χ3n) is 5.76. The van der Waals surface area contributed by atoms with Crippen LogP contribution < -0.4 is 5.32 Å². The lowest BCUT2D eigenvalue weighted by molar-refractivity contribution is -0.117. The van der Waals surface area contributed by atoms with Crippen LogP contribution in [0.5, 0.6) is 0 Å². The number of carbonyl (C=O) groups excluding carboxylic acids is 1. The Hall–Kier alpha value is -1.20. The molecule has 3 rings (SSSR count). The fourth-order valence-corrected chi connectivity index (χ4v) is 5.21. The molecule has 1 saturated heterocycles. The maximum Gasteiger partial charge on any atom is 0.226 e. The zero-order chi connectivity index (χ0) is 19.4. The van der Waals surface area contributed by atoms with Crippen LogP contribution >= 0.6 is 24.2 Å². The van der Waals surface area contributed by atoms with Gasteiger partial charge in [-0.3, -0.25) is 9.79 Å². The zero-order valence-corrected chi connectivity index (χ0v) is 19.1. The van der Waals surface area contributed by atoms with Gasteiger partial charge in [-0.2, -0.15) is 0 Å². The Morgan fingerprint density at radius 1 is 1.21 bits per heavy atom. The zero-order valence-electron chi connectivity index (χ0n) is 17.5. The van der Waals surface area contributed by atoms with Crippen molar-refractivity contribution < 1.29 is 4.79 Å². The van der Waals surface area contributed by atoms with Crippen LogP contribution in [0.1, 0.15) is 70.8 Å². The monoisotopic (exact) mass is 423 g/mol. The minimum Gasteiger partial charge on any atom is -0.350 e. The van der Waals surface area contributed by atoms with Crippen LogP contribution in [0.4, 0.5) is 5.69 Å². The van der Waals surface area contributed by atoms with Gasteiger partial charge in [-0.05, 0) is 36.5 Å². The van der Waals surface area contributed by atoms with E-state index in [0.29, 0.717) is 23.6 Å². The van der Waals surface area contributed by atoms with Crippen LogP contribution in [0, 0.1) is 0 Å². The molecule has 4 nitrogen and oxygen atoms in total. The summed E-state index contributed by atoms with van der Waals surface area (Å²) in [5.74, 6) is 0.581. The number of nitrogens with one attached hydrogen (secondary N) is 1. The number of amidine groups is 1. The van der Waals surface area contributed by atoms with E-state index in [1.807, 2.05) is 23.9 Å². The molecule has 1 aromatic rings. The molecule has 2 atom stereocenters. The summed E-state index contributed by atoms with van der Waals surface area (Å²) < 4.78 is 0. The fourth-order valence-electron chi connectivity index (χ4n) is 3.93. The van der Waals surface area contributed by atoms with Gasteiger partial charge in [-0.1, -0.05) is 63.9 Å². The van der Waals surface area contributed by atoms with Crippen molar-refractivity contribution in [2.45, 2.75) is 82.5 Å². The second-order valence-corrected chi connectivity index (χ2v) is 9.58. The Bertz CT molecular complexity index is 671. The molecule has 0 bridgehead atoms. The highest BCUT2D eigenvalue weighted by molar-refractivity contribution is 8.14. The maximum absolute atomic E-state index is 12.6. The van der Waals surface area contributed by atoms with Gasteiger partial charge < -0.3 is 10.2 Å². The maximum atomic E-state index is 12.6. The minimum absolute atomic E-state index is 0. The molecule has 156 valence electrons. The molecule has 1 heterocycles. The second kappa shape index (κ2) is 10.5. The third kappa shape index (κ3) is 5.90. The minimum atomic E-state index is 0. The second-order valence-electron chi connectivity index (χ2n) is 8.23. The number of amides is 1. The molecule has 1 aliphatic carbocycles. The average Bonchev–Trinajstić information content (AvgIpc) is 2.90. The van der Waals surface area contributed by atoms with Gasteiger partial charge in [0.2, 0.25) is 5.91 Å². The number of aliphatic imine (C=N–C) groups is 1. The lowest BCUT2D eigenvalue weighted by Crippen LogP contribution is -2.36. The van der Waals surface area contributed by atoms with Crippen molar-refractivity contribution in [1.82, 2.24) is 4.90 Å². The Morgan fingerprint density at radius 3 is 2.46 bits per heavy atom. The first-order valence-electron chi connectivity index (χ1n) is 10.3. The molecule has 1 N–H and O–H groups in total. The molecule has 0 spiro atoms. The molecule has 1 aromatic carbocycles. The molecule has 1 amide bonds. The topological polar surface area (TPSA) is 44.7 Å². The number of rotatable bonds is 5. The summed E-state index contributed by atoms with van der Waals surface area (Å²) in [7, 11) is 2.09. The smallest absolute Gasteiger partial charge is 0.226 e. The molecule has 2 fully saturated rings. The first-order valence-corrected chi connectivity index (χ1v) is 11.2. The molecule has 0 radical (unpaired) electrons. The Morgan fingerprint density at radius 2 is 1.86 bits per heavy atom. The first kappa shape index (κ1) is 23.1. The Kier molecular flexibility index (Phi) is 8.69. The number of hydrogen-bond donors (Lipinski definition) is 1. The number of thioether (sulfide) groups is 1. The van der Waals surface area contributed by atoms with Crippen molar-refractivity contribution in [2.24, 2.45) is 4.99 Å². The highest BCUT2D eigenvalue weighted by Crippen LogP contribution is 2.34. The van der Waals surface area contributed by atoms with Crippen molar-refractivity contribution >= 4 is 40.9 Å². The summed E-state index contributed by atoms with van der Waals surface area (Å²) in [4.78, 5) is 19.8. The summed E-state index contributed by atoms with van der Waals surface area (Å²) in [6.07, 6.45) is 6.87. The molecule has 1 aliphatic heterocycles. The van der Waals surface area contributed by atoms with Gasteiger partial charge in [-0.15, -0.1) is 12.4 Å². The van der Waals surface area contributed by atoms with Crippen LogP contribution in [-0.4, -0.2) is 40.4 Å². The SMILES string of the molecule is CC(C)c1ccc(NC(=O)CC2C(C)S/C(=N\C3CCCCC3)N2C)cc1.Cl. The fraction of sp³-hybridized carbons (Fsp3) is 0.636. The molecule has 2 aliphatic rings. The van der Waals surface area contributed by atoms with E-state index in [1.165, 1.54) is 37.7 Å². The summed E-state index contributed by atoms with van der Waals surface area (Å²) in [5, 5.41) is 4.56. The van der Waals surface area contributed by atoms with Gasteiger partial charge in [0.15, 0.2) is 5.17 Å². The number of hydrogen-bond acceptors (Lipinski definition) is 3. The normalized spacial score (nSPS) is 24.5. The van der Waals surface area contributed by atoms with Gasteiger partial charge in [0.1, 0.15) is 0 Å². The molecular formula is C22H34ClN3OS. The molecule has 0 aromatic heterocycles. The number of benzene rings is 1. The molecule has 2 unspecified atom stereocenters. The number of anilines is 1. The van der Waals surface area contributed by atoms with E-state index in [9.17, 15) is 4.79 Å². The van der Waals surface area contributed by atoms with E-state index >= 15 is 0 Å². The van der Waals surface area contributed by atoms with Crippen LogP contribution in [0.2, 0.25) is 0 Å². The van der Waals surface area contributed by atoms with E-state index in [4.69, 9.17) is 4.99 Å². The summed E-state index contributed by atoms with van der Waals surface area (Å²) in [5.41, 5.74) is 2.17. The van der Waals surface area contributed by atoms with E-state index in [1.54, 1.807) is 0 Å². The van der Waals surface area contributed by atoms with Crippen molar-refractivity contribution in [3.8, 4) is 0 Å². The third-order valence-corrected chi connectivity index (χ3v) is 7.05. The lowest BCUT2D eigenvalue weighted by atomic mass is 9.96. The Balaban J connectivity index is 0.00000280. The Labute approximate surface area is 180 Å².